The summed E-state index contributed by atoms with van der Waals surface area (Å²) in [4.78, 5) is 2.65. The largest absolute Gasteiger partial charge is 0.371 e. The van der Waals surface area contributed by atoms with E-state index in [0.29, 0.717) is 4.58 Å². The van der Waals surface area contributed by atoms with Crippen LogP contribution in [-0.2, 0) is 4.74 Å². The van der Waals surface area contributed by atoms with Crippen LogP contribution in [0.1, 0.15) is 0 Å². The molecule has 4 heteroatoms. The predicted molar refractivity (Wildman–Crippen MR) is 100 cm³/mol. The molecule has 0 radical (unpaired) electrons. The fourth-order valence-electron chi connectivity index (χ4n) is 2.46. The van der Waals surface area contributed by atoms with Crippen LogP contribution in [0, 0.1) is 0 Å². The van der Waals surface area contributed by atoms with Crippen molar-refractivity contribution in [2.24, 2.45) is 0 Å². The average Bonchev–Trinajstić information content (AvgIpc) is 3.30. The van der Waals surface area contributed by atoms with Crippen molar-refractivity contribution in [3.63, 3.8) is 0 Å². The first-order valence-corrected chi connectivity index (χ1v) is 12.8. The van der Waals surface area contributed by atoms with Crippen LogP contribution in [0.3, 0.4) is 0 Å². The molecule has 0 N–H and O–H groups in total. The molecule has 1 saturated heterocycles. The Morgan fingerprint density at radius 1 is 0.864 bits per heavy atom. The maximum absolute atomic E-state index is 6.09. The van der Waals surface area contributed by atoms with Gasteiger partial charge in [0.15, 0.2) is 0 Å². The Balaban J connectivity index is 1.86. The van der Waals surface area contributed by atoms with E-state index in [0.717, 1.165) is 6.61 Å². The molecule has 2 aromatic carbocycles. The van der Waals surface area contributed by atoms with E-state index in [9.17, 15) is 0 Å². The average molecular weight is 347 g/mol. The minimum atomic E-state index is -1.41. The molecular formula is C18H22OS2Si. The highest BCUT2D eigenvalue weighted by molar-refractivity contribution is 8.17. The molecule has 1 heterocycles. The molecule has 1 atom stereocenters. The van der Waals surface area contributed by atoms with Gasteiger partial charge in [0.25, 0.3) is 0 Å². The number of ether oxygens (including phenoxy) is 1. The lowest BCUT2D eigenvalue weighted by Gasteiger charge is -2.32. The third-order valence-electron chi connectivity index (χ3n) is 4.08. The lowest BCUT2D eigenvalue weighted by molar-refractivity contribution is 0.383. The van der Waals surface area contributed by atoms with Crippen molar-refractivity contribution < 1.29 is 4.74 Å². The molecule has 2 aromatic rings. The molecule has 0 spiro atoms. The van der Waals surface area contributed by atoms with E-state index in [1.165, 1.54) is 9.79 Å². The fourth-order valence-corrected chi connectivity index (χ4v) is 9.22. The van der Waals surface area contributed by atoms with Gasteiger partial charge in [-0.1, -0.05) is 56.0 Å². The summed E-state index contributed by atoms with van der Waals surface area (Å²) in [5.41, 5.74) is 0. The Labute approximate surface area is 142 Å². The monoisotopic (exact) mass is 346 g/mol. The number of benzene rings is 2. The molecule has 1 fully saturated rings. The summed E-state index contributed by atoms with van der Waals surface area (Å²) in [5.74, 6) is 0. The lowest BCUT2D eigenvalue weighted by atomic mass is 10.4. The van der Waals surface area contributed by atoms with Crippen molar-refractivity contribution in [2.75, 3.05) is 6.61 Å². The van der Waals surface area contributed by atoms with E-state index in [1.807, 2.05) is 23.5 Å². The van der Waals surface area contributed by atoms with Gasteiger partial charge in [-0.2, -0.15) is 0 Å². The minimum absolute atomic E-state index is 0.0774. The van der Waals surface area contributed by atoms with Crippen molar-refractivity contribution >= 4 is 31.6 Å². The first-order chi connectivity index (χ1) is 10.5. The van der Waals surface area contributed by atoms with Crippen LogP contribution < -0.4 is 0 Å². The van der Waals surface area contributed by atoms with Crippen molar-refractivity contribution in [1.82, 2.24) is 0 Å². The van der Waals surface area contributed by atoms with Gasteiger partial charge in [-0.25, -0.2) is 0 Å². The van der Waals surface area contributed by atoms with Crippen LogP contribution in [0.2, 0.25) is 19.6 Å². The Hall–Kier alpha value is -0.683. The van der Waals surface area contributed by atoms with Crippen molar-refractivity contribution in [3.05, 3.63) is 60.7 Å². The first-order valence-electron chi connectivity index (χ1n) is 7.59. The van der Waals surface area contributed by atoms with Crippen molar-refractivity contribution in [1.29, 1.82) is 0 Å². The maximum atomic E-state index is 6.09. The second-order valence-corrected chi connectivity index (χ2v) is 14.6. The van der Waals surface area contributed by atoms with Gasteiger partial charge in [0.05, 0.1) is 19.3 Å². The molecule has 22 heavy (non-hydrogen) atoms. The zero-order chi connectivity index (χ0) is 15.6. The number of hydrogen-bond donors (Lipinski definition) is 0. The summed E-state index contributed by atoms with van der Waals surface area (Å²) in [7, 11) is -1.41. The van der Waals surface area contributed by atoms with E-state index in [-0.39, 0.29) is 5.22 Å². The Bertz CT molecular complexity index is 564. The topological polar surface area (TPSA) is 12.5 Å². The van der Waals surface area contributed by atoms with Crippen molar-refractivity contribution in [3.8, 4) is 0 Å². The molecule has 0 amide bonds. The standard InChI is InChI=1S/C18H22OS2Si/c1-22(2,3)18(14-19-18)17(20-15-10-6-4-7-11-15)21-16-12-8-5-9-13-16/h4-13,17H,14H2,1-3H3. The van der Waals surface area contributed by atoms with E-state index in [4.69, 9.17) is 4.74 Å². The van der Waals surface area contributed by atoms with E-state index >= 15 is 0 Å². The summed E-state index contributed by atoms with van der Waals surface area (Å²) in [5, 5.41) is 0.0774. The maximum Gasteiger partial charge on any atom is 0.102 e. The van der Waals surface area contributed by atoms with Crippen LogP contribution in [0.4, 0.5) is 0 Å². The summed E-state index contributed by atoms with van der Waals surface area (Å²) >= 11 is 3.91. The number of epoxide rings is 1. The van der Waals surface area contributed by atoms with Gasteiger partial charge in [0, 0.05) is 9.79 Å². The van der Waals surface area contributed by atoms with E-state index in [1.54, 1.807) is 0 Å². The van der Waals surface area contributed by atoms with Crippen LogP contribution in [-0.4, -0.2) is 24.5 Å². The summed E-state index contributed by atoms with van der Waals surface area (Å²) in [6.07, 6.45) is 0. The second kappa shape index (κ2) is 6.44. The molecule has 116 valence electrons. The molecular weight excluding hydrogens is 324 g/mol. The van der Waals surface area contributed by atoms with Gasteiger partial charge >= 0.3 is 0 Å². The van der Waals surface area contributed by atoms with Gasteiger partial charge < -0.3 is 4.74 Å². The van der Waals surface area contributed by atoms with E-state index < -0.39 is 8.07 Å². The Morgan fingerprint density at radius 2 is 1.27 bits per heavy atom. The van der Waals surface area contributed by atoms with Crippen LogP contribution in [0.15, 0.2) is 70.5 Å². The molecule has 0 saturated carbocycles. The molecule has 0 aliphatic carbocycles. The molecule has 1 unspecified atom stereocenters. The smallest absolute Gasteiger partial charge is 0.102 e. The second-order valence-electron chi connectivity index (χ2n) is 6.62. The van der Waals surface area contributed by atoms with Gasteiger partial charge in [-0.15, -0.1) is 23.5 Å². The summed E-state index contributed by atoms with van der Waals surface area (Å²) in [6, 6.07) is 21.4. The Morgan fingerprint density at radius 3 is 1.59 bits per heavy atom. The fraction of sp³-hybridized carbons (Fsp3) is 0.333. The van der Waals surface area contributed by atoms with Gasteiger partial charge in [-0.3, -0.25) is 0 Å². The molecule has 1 aliphatic heterocycles. The third kappa shape index (κ3) is 3.45. The zero-order valence-electron chi connectivity index (χ0n) is 13.3. The highest BCUT2D eigenvalue weighted by atomic mass is 32.2. The molecule has 0 aromatic heterocycles. The number of hydrogen-bond acceptors (Lipinski definition) is 3. The predicted octanol–water partition coefficient (Wildman–Crippen LogP) is 5.54. The number of thioether (sulfide) groups is 2. The normalized spacial score (nSPS) is 21.1. The van der Waals surface area contributed by atoms with Gasteiger partial charge in [0.2, 0.25) is 0 Å². The summed E-state index contributed by atoms with van der Waals surface area (Å²) in [6.45, 7) is 8.17. The highest BCUT2D eigenvalue weighted by Gasteiger charge is 2.61. The number of rotatable bonds is 6. The summed E-state index contributed by atoms with van der Waals surface area (Å²) < 4.78 is 6.49. The third-order valence-corrected chi connectivity index (χ3v) is 10.5. The van der Waals surface area contributed by atoms with Crippen LogP contribution in [0.5, 0.6) is 0 Å². The quantitative estimate of drug-likeness (QED) is 0.295. The lowest BCUT2D eigenvalue weighted by Crippen LogP contribution is -2.48. The zero-order valence-corrected chi connectivity index (χ0v) is 15.9. The Kier molecular flexibility index (Phi) is 4.74. The van der Waals surface area contributed by atoms with Crippen molar-refractivity contribution in [2.45, 2.75) is 39.2 Å². The SMILES string of the molecule is C[Si](C)(C)C1(C(Sc2ccccc2)Sc2ccccc2)CO1. The van der Waals surface area contributed by atoms with Gasteiger partial charge in [0.1, 0.15) is 5.22 Å². The first kappa shape index (κ1) is 16.2. The van der Waals surface area contributed by atoms with E-state index in [2.05, 4.69) is 80.3 Å². The molecule has 1 nitrogen and oxygen atoms in total. The molecule has 0 bridgehead atoms. The van der Waals surface area contributed by atoms with Crippen LogP contribution in [0.25, 0.3) is 0 Å². The van der Waals surface area contributed by atoms with Gasteiger partial charge in [-0.05, 0) is 24.3 Å². The molecule has 3 rings (SSSR count). The molecule has 1 aliphatic rings. The minimum Gasteiger partial charge on any atom is -0.371 e. The van der Waals surface area contributed by atoms with Crippen LogP contribution >= 0.6 is 23.5 Å². The highest BCUT2D eigenvalue weighted by Crippen LogP contribution is 2.53.